The summed E-state index contributed by atoms with van der Waals surface area (Å²) in [6.07, 6.45) is 3.43. The third-order valence-electron chi connectivity index (χ3n) is 3.60. The minimum absolute atomic E-state index is 0.342. The fourth-order valence-electron chi connectivity index (χ4n) is 1.95. The average Bonchev–Trinajstić information content (AvgIpc) is 2.38. The van der Waals surface area contributed by atoms with Crippen molar-refractivity contribution in [1.29, 1.82) is 0 Å². The molecule has 1 rings (SSSR count). The number of benzene rings is 1. The summed E-state index contributed by atoms with van der Waals surface area (Å²) in [6.45, 7) is 4.53. The molecule has 3 heteroatoms. The number of ether oxygens (including phenoxy) is 1. The van der Waals surface area contributed by atoms with Crippen LogP contribution in [-0.4, -0.2) is 12.4 Å². The minimum atomic E-state index is 0.342. The number of methoxy groups -OCH3 is 1. The van der Waals surface area contributed by atoms with Crippen LogP contribution >= 0.6 is 31.9 Å². The van der Waals surface area contributed by atoms with Gasteiger partial charge >= 0.3 is 0 Å². The smallest absolute Gasteiger partial charge is 0.119 e. The van der Waals surface area contributed by atoms with E-state index in [1.807, 2.05) is 6.07 Å². The van der Waals surface area contributed by atoms with Gasteiger partial charge in [-0.15, -0.1) is 0 Å². The van der Waals surface area contributed by atoms with Crippen molar-refractivity contribution in [1.82, 2.24) is 0 Å². The van der Waals surface area contributed by atoms with E-state index < -0.39 is 0 Å². The van der Waals surface area contributed by atoms with E-state index in [0.29, 0.717) is 5.41 Å². The van der Waals surface area contributed by atoms with Gasteiger partial charge in [0.1, 0.15) is 5.75 Å². The van der Waals surface area contributed by atoms with Crippen molar-refractivity contribution in [2.45, 2.75) is 33.1 Å². The van der Waals surface area contributed by atoms with E-state index in [-0.39, 0.29) is 0 Å². The molecule has 0 saturated carbocycles. The average molecular weight is 364 g/mol. The summed E-state index contributed by atoms with van der Waals surface area (Å²) < 4.78 is 6.46. The van der Waals surface area contributed by atoms with E-state index in [9.17, 15) is 0 Å². The molecule has 0 aliphatic heterocycles. The summed E-state index contributed by atoms with van der Waals surface area (Å²) in [6, 6.07) is 6.19. The summed E-state index contributed by atoms with van der Waals surface area (Å²) in [4.78, 5) is 0. The van der Waals surface area contributed by atoms with E-state index in [2.05, 4.69) is 57.8 Å². The first kappa shape index (κ1) is 15.0. The summed E-state index contributed by atoms with van der Waals surface area (Å²) in [5, 5.41) is 1.04. The number of hydrogen-bond donors (Lipinski definition) is 0. The molecule has 0 heterocycles. The molecule has 0 radical (unpaired) electrons. The lowest BCUT2D eigenvalue weighted by Crippen LogP contribution is -2.24. The first-order valence-corrected chi connectivity index (χ1v) is 7.90. The molecule has 96 valence electrons. The molecule has 0 bridgehead atoms. The van der Waals surface area contributed by atoms with Crippen LogP contribution in [0.3, 0.4) is 0 Å². The Morgan fingerprint density at radius 2 is 1.88 bits per heavy atom. The monoisotopic (exact) mass is 362 g/mol. The Morgan fingerprint density at radius 1 is 1.24 bits per heavy atom. The van der Waals surface area contributed by atoms with Crippen molar-refractivity contribution in [2.75, 3.05) is 12.4 Å². The van der Waals surface area contributed by atoms with Gasteiger partial charge < -0.3 is 4.74 Å². The van der Waals surface area contributed by atoms with E-state index >= 15 is 0 Å². The second kappa shape index (κ2) is 6.79. The van der Waals surface area contributed by atoms with Gasteiger partial charge in [-0.1, -0.05) is 45.7 Å². The van der Waals surface area contributed by atoms with Crippen molar-refractivity contribution >= 4 is 31.9 Å². The van der Waals surface area contributed by atoms with Crippen LogP contribution in [-0.2, 0) is 6.42 Å². The van der Waals surface area contributed by atoms with Gasteiger partial charge in [0.05, 0.1) is 7.11 Å². The third kappa shape index (κ3) is 3.72. The fourth-order valence-corrected chi connectivity index (χ4v) is 3.33. The van der Waals surface area contributed by atoms with Gasteiger partial charge in [0.2, 0.25) is 0 Å². The Labute approximate surface area is 121 Å². The van der Waals surface area contributed by atoms with Crippen LogP contribution in [0.1, 0.15) is 32.3 Å². The highest BCUT2D eigenvalue weighted by atomic mass is 79.9. The predicted molar refractivity (Wildman–Crippen MR) is 81.2 cm³/mol. The molecule has 0 aliphatic rings. The quantitative estimate of drug-likeness (QED) is 0.631. The van der Waals surface area contributed by atoms with Gasteiger partial charge in [-0.2, -0.15) is 0 Å². The zero-order valence-electron chi connectivity index (χ0n) is 10.7. The fraction of sp³-hybridized carbons (Fsp3) is 0.571. The van der Waals surface area contributed by atoms with Gasteiger partial charge in [0, 0.05) is 9.80 Å². The summed E-state index contributed by atoms with van der Waals surface area (Å²) in [7, 11) is 1.71. The Balaban J connectivity index is 2.99. The second-order valence-corrected chi connectivity index (χ2v) is 5.89. The van der Waals surface area contributed by atoms with E-state index in [0.717, 1.165) is 17.5 Å². The second-order valence-electron chi connectivity index (χ2n) is 4.47. The van der Waals surface area contributed by atoms with Crippen LogP contribution in [0.5, 0.6) is 5.75 Å². The molecule has 0 fully saturated rings. The van der Waals surface area contributed by atoms with Gasteiger partial charge in [-0.25, -0.2) is 0 Å². The number of rotatable bonds is 6. The van der Waals surface area contributed by atoms with Gasteiger partial charge in [0.15, 0.2) is 0 Å². The summed E-state index contributed by atoms with van der Waals surface area (Å²) in [5.74, 6) is 0.930. The van der Waals surface area contributed by atoms with Crippen LogP contribution in [0.2, 0.25) is 0 Å². The van der Waals surface area contributed by atoms with Gasteiger partial charge in [-0.05, 0) is 48.4 Å². The molecule has 1 nitrogen and oxygen atoms in total. The molecule has 0 unspecified atom stereocenters. The van der Waals surface area contributed by atoms with Crippen molar-refractivity contribution in [3.63, 3.8) is 0 Å². The molecule has 1 aromatic rings. The Morgan fingerprint density at radius 3 is 2.35 bits per heavy atom. The Hall–Kier alpha value is -0.0200. The highest BCUT2D eigenvalue weighted by Crippen LogP contribution is 2.36. The maximum Gasteiger partial charge on any atom is 0.119 e. The zero-order valence-corrected chi connectivity index (χ0v) is 13.9. The SMILES string of the molecule is CCC(CC)(CBr)Cc1cc(OC)ccc1Br. The predicted octanol–water partition coefficient (Wildman–Crippen LogP) is 5.20. The molecule has 0 N–H and O–H groups in total. The normalized spacial score (nSPS) is 11.6. The molecule has 0 atom stereocenters. The number of hydrogen-bond acceptors (Lipinski definition) is 1. The molecule has 0 amide bonds. The first-order valence-electron chi connectivity index (χ1n) is 5.99. The Bertz CT molecular complexity index is 351. The molecule has 0 aromatic heterocycles. The largest absolute Gasteiger partial charge is 0.497 e. The van der Waals surface area contributed by atoms with E-state index in [1.54, 1.807) is 7.11 Å². The lowest BCUT2D eigenvalue weighted by atomic mass is 9.79. The molecule has 17 heavy (non-hydrogen) atoms. The maximum absolute atomic E-state index is 5.29. The lowest BCUT2D eigenvalue weighted by molar-refractivity contribution is 0.306. The highest BCUT2D eigenvalue weighted by molar-refractivity contribution is 9.10. The van der Waals surface area contributed by atoms with Crippen molar-refractivity contribution in [3.05, 3.63) is 28.2 Å². The van der Waals surface area contributed by atoms with Crippen LogP contribution in [0.15, 0.2) is 22.7 Å². The van der Waals surface area contributed by atoms with Crippen LogP contribution in [0.4, 0.5) is 0 Å². The number of halogens is 2. The Kier molecular flexibility index (Phi) is 6.01. The summed E-state index contributed by atoms with van der Waals surface area (Å²) >= 11 is 7.29. The van der Waals surface area contributed by atoms with Crippen LogP contribution in [0.25, 0.3) is 0 Å². The van der Waals surface area contributed by atoms with Gasteiger partial charge in [-0.3, -0.25) is 0 Å². The lowest BCUT2D eigenvalue weighted by Gasteiger charge is -2.30. The molecule has 0 saturated heterocycles. The van der Waals surface area contributed by atoms with Crippen molar-refractivity contribution in [3.8, 4) is 5.75 Å². The zero-order chi connectivity index (χ0) is 12.9. The van der Waals surface area contributed by atoms with E-state index in [1.165, 1.54) is 22.9 Å². The van der Waals surface area contributed by atoms with Crippen LogP contribution < -0.4 is 4.74 Å². The molecule has 1 aromatic carbocycles. The molecule has 0 spiro atoms. The number of alkyl halides is 1. The molecular formula is C14H20Br2O. The van der Waals surface area contributed by atoms with Crippen molar-refractivity contribution in [2.24, 2.45) is 5.41 Å². The molecular weight excluding hydrogens is 344 g/mol. The maximum atomic E-state index is 5.29. The van der Waals surface area contributed by atoms with Gasteiger partial charge in [0.25, 0.3) is 0 Å². The first-order chi connectivity index (χ1) is 8.10. The van der Waals surface area contributed by atoms with E-state index in [4.69, 9.17) is 4.74 Å². The topological polar surface area (TPSA) is 9.23 Å². The summed E-state index contributed by atoms with van der Waals surface area (Å²) in [5.41, 5.74) is 1.67. The van der Waals surface area contributed by atoms with Crippen LogP contribution in [0, 0.1) is 5.41 Å². The third-order valence-corrected chi connectivity index (χ3v) is 5.56. The molecule has 0 aliphatic carbocycles. The standard InChI is InChI=1S/C14H20Br2O/c1-4-14(5-2,10-15)9-11-8-12(17-3)6-7-13(11)16/h6-8H,4-5,9-10H2,1-3H3. The van der Waals surface area contributed by atoms with Crippen molar-refractivity contribution < 1.29 is 4.74 Å². The minimum Gasteiger partial charge on any atom is -0.497 e. The highest BCUT2D eigenvalue weighted by Gasteiger charge is 2.26.